The molecule has 0 unspecified atom stereocenters. The molecule has 0 saturated carbocycles. The molecule has 1 aromatic heterocycles. The van der Waals surface area contributed by atoms with Crippen molar-refractivity contribution in [2.75, 3.05) is 17.3 Å². The number of pyridine rings is 1. The number of rotatable bonds is 4. The van der Waals surface area contributed by atoms with E-state index in [0.29, 0.717) is 5.69 Å². The summed E-state index contributed by atoms with van der Waals surface area (Å²) in [5.41, 5.74) is 1.42. The average Bonchev–Trinajstić information content (AvgIpc) is 2.14. The molecule has 0 aromatic carbocycles. The van der Waals surface area contributed by atoms with Gasteiger partial charge in [0.2, 0.25) is 5.91 Å². The van der Waals surface area contributed by atoms with Crippen molar-refractivity contribution in [1.29, 1.82) is 0 Å². The van der Waals surface area contributed by atoms with E-state index >= 15 is 0 Å². The van der Waals surface area contributed by atoms with Gasteiger partial charge in [-0.25, -0.2) is 8.42 Å². The Bertz CT molecular complexity index is 483. The standard InChI is InChI=1S/C10H14N2O3S/c1-8-7-9(3-5-11-8)12-10(13)4-6-16(2,14)15/h3,5,7H,4,6H2,1-2H3,(H,11,12,13). The van der Waals surface area contributed by atoms with Crippen LogP contribution in [-0.2, 0) is 14.6 Å². The highest BCUT2D eigenvalue weighted by Crippen LogP contribution is 2.07. The van der Waals surface area contributed by atoms with Crippen molar-refractivity contribution in [2.24, 2.45) is 0 Å². The van der Waals surface area contributed by atoms with E-state index in [1.54, 1.807) is 18.3 Å². The molecule has 0 bridgehead atoms. The van der Waals surface area contributed by atoms with Crippen LogP contribution in [0.5, 0.6) is 0 Å². The summed E-state index contributed by atoms with van der Waals surface area (Å²) < 4.78 is 21.7. The lowest BCUT2D eigenvalue weighted by atomic mass is 10.3. The van der Waals surface area contributed by atoms with Gasteiger partial charge in [0.05, 0.1) is 5.75 Å². The molecular formula is C10H14N2O3S. The molecule has 6 heteroatoms. The first-order chi connectivity index (χ1) is 7.37. The van der Waals surface area contributed by atoms with E-state index in [4.69, 9.17) is 0 Å². The third-order valence-corrected chi connectivity index (χ3v) is 2.83. The summed E-state index contributed by atoms with van der Waals surface area (Å²) >= 11 is 0. The second-order valence-corrected chi connectivity index (χ2v) is 5.87. The number of sulfone groups is 1. The number of nitrogens with one attached hydrogen (secondary N) is 1. The summed E-state index contributed by atoms with van der Waals surface area (Å²) in [4.78, 5) is 15.4. The van der Waals surface area contributed by atoms with Crippen LogP contribution in [0.3, 0.4) is 0 Å². The lowest BCUT2D eigenvalue weighted by Gasteiger charge is -2.04. The number of nitrogens with zero attached hydrogens (tertiary/aromatic N) is 1. The Morgan fingerprint density at radius 3 is 2.75 bits per heavy atom. The van der Waals surface area contributed by atoms with Crippen molar-refractivity contribution in [1.82, 2.24) is 4.98 Å². The lowest BCUT2D eigenvalue weighted by Crippen LogP contribution is -2.16. The molecule has 88 valence electrons. The molecule has 5 nitrogen and oxygen atoms in total. The molecule has 16 heavy (non-hydrogen) atoms. The third-order valence-electron chi connectivity index (χ3n) is 1.88. The fraction of sp³-hybridized carbons (Fsp3) is 0.400. The van der Waals surface area contributed by atoms with Gasteiger partial charge >= 0.3 is 0 Å². The molecular weight excluding hydrogens is 228 g/mol. The first kappa shape index (κ1) is 12.6. The normalized spacial score (nSPS) is 11.1. The molecule has 0 aliphatic heterocycles. The number of anilines is 1. The molecule has 1 heterocycles. The molecule has 0 atom stereocenters. The number of hydrogen-bond donors (Lipinski definition) is 1. The highest BCUT2D eigenvalue weighted by molar-refractivity contribution is 7.90. The van der Waals surface area contributed by atoms with Gasteiger partial charge in [0, 0.05) is 30.3 Å². The SMILES string of the molecule is Cc1cc(NC(=O)CCS(C)(=O)=O)ccn1. The summed E-state index contributed by atoms with van der Waals surface area (Å²) in [5, 5.41) is 2.61. The zero-order chi connectivity index (χ0) is 12.2. The predicted molar refractivity (Wildman–Crippen MR) is 61.9 cm³/mol. The fourth-order valence-electron chi connectivity index (χ4n) is 1.12. The molecule has 1 N–H and O–H groups in total. The van der Waals surface area contributed by atoms with Gasteiger partial charge in [0.15, 0.2) is 0 Å². The Kier molecular flexibility index (Phi) is 4.00. The van der Waals surface area contributed by atoms with Crippen molar-refractivity contribution < 1.29 is 13.2 Å². The number of carbonyl (C=O) groups excluding carboxylic acids is 1. The van der Waals surface area contributed by atoms with Gasteiger partial charge in [-0.1, -0.05) is 0 Å². The van der Waals surface area contributed by atoms with Crippen molar-refractivity contribution in [3.8, 4) is 0 Å². The van der Waals surface area contributed by atoms with Gasteiger partial charge in [0.25, 0.3) is 0 Å². The molecule has 0 saturated heterocycles. The molecule has 1 amide bonds. The minimum Gasteiger partial charge on any atom is -0.326 e. The minimum atomic E-state index is -3.09. The van der Waals surface area contributed by atoms with E-state index < -0.39 is 9.84 Å². The van der Waals surface area contributed by atoms with Crippen molar-refractivity contribution >= 4 is 21.4 Å². The van der Waals surface area contributed by atoms with Crippen molar-refractivity contribution in [3.63, 3.8) is 0 Å². The van der Waals surface area contributed by atoms with Gasteiger partial charge < -0.3 is 5.32 Å². The summed E-state index contributed by atoms with van der Waals surface area (Å²) in [6, 6.07) is 3.38. The van der Waals surface area contributed by atoms with Crippen LogP contribution in [0.4, 0.5) is 5.69 Å². The number of amides is 1. The number of hydrogen-bond acceptors (Lipinski definition) is 4. The summed E-state index contributed by atoms with van der Waals surface area (Å²) in [5.74, 6) is -0.445. The van der Waals surface area contributed by atoms with E-state index in [1.165, 1.54) is 0 Å². The smallest absolute Gasteiger partial charge is 0.225 e. The van der Waals surface area contributed by atoms with Crippen molar-refractivity contribution in [3.05, 3.63) is 24.0 Å². The maximum absolute atomic E-state index is 11.4. The second kappa shape index (κ2) is 5.07. The van der Waals surface area contributed by atoms with Gasteiger partial charge in [-0.2, -0.15) is 0 Å². The van der Waals surface area contributed by atoms with Crippen LogP contribution in [-0.4, -0.2) is 31.3 Å². The van der Waals surface area contributed by atoms with E-state index in [1.807, 2.05) is 6.92 Å². The second-order valence-electron chi connectivity index (χ2n) is 3.61. The van der Waals surface area contributed by atoms with Gasteiger partial charge in [0.1, 0.15) is 9.84 Å². The first-order valence-electron chi connectivity index (χ1n) is 4.77. The van der Waals surface area contributed by atoms with Crippen LogP contribution in [0.25, 0.3) is 0 Å². The number of aryl methyl sites for hydroxylation is 1. The average molecular weight is 242 g/mol. The van der Waals surface area contributed by atoms with Crippen LogP contribution in [0.2, 0.25) is 0 Å². The van der Waals surface area contributed by atoms with Gasteiger partial charge in [-0.3, -0.25) is 9.78 Å². The lowest BCUT2D eigenvalue weighted by molar-refractivity contribution is -0.115. The van der Waals surface area contributed by atoms with E-state index in [0.717, 1.165) is 11.9 Å². The predicted octanol–water partition coefficient (Wildman–Crippen LogP) is 0.763. The van der Waals surface area contributed by atoms with Crippen LogP contribution in [0.1, 0.15) is 12.1 Å². The Labute approximate surface area is 94.8 Å². The molecule has 1 rings (SSSR count). The Hall–Kier alpha value is -1.43. The zero-order valence-corrected chi connectivity index (χ0v) is 10.0. The topological polar surface area (TPSA) is 76.1 Å². The Morgan fingerprint density at radius 1 is 1.50 bits per heavy atom. The molecule has 0 fully saturated rings. The van der Waals surface area contributed by atoms with Crippen LogP contribution in [0, 0.1) is 6.92 Å². The monoisotopic (exact) mass is 242 g/mol. The third kappa shape index (κ3) is 4.88. The maximum atomic E-state index is 11.4. The zero-order valence-electron chi connectivity index (χ0n) is 9.23. The summed E-state index contributed by atoms with van der Waals surface area (Å²) in [6.45, 7) is 1.81. The van der Waals surface area contributed by atoms with E-state index in [9.17, 15) is 13.2 Å². The molecule has 0 spiro atoms. The molecule has 0 radical (unpaired) electrons. The Morgan fingerprint density at radius 2 is 2.19 bits per heavy atom. The van der Waals surface area contributed by atoms with Gasteiger partial charge in [-0.15, -0.1) is 0 Å². The van der Waals surface area contributed by atoms with Crippen LogP contribution >= 0.6 is 0 Å². The summed E-state index contributed by atoms with van der Waals surface area (Å²) in [7, 11) is -3.09. The Balaban J connectivity index is 2.52. The maximum Gasteiger partial charge on any atom is 0.225 e. The quantitative estimate of drug-likeness (QED) is 0.845. The number of carbonyl (C=O) groups is 1. The van der Waals surface area contributed by atoms with Crippen molar-refractivity contribution in [2.45, 2.75) is 13.3 Å². The van der Waals surface area contributed by atoms with Gasteiger partial charge in [-0.05, 0) is 19.1 Å². The molecule has 1 aromatic rings. The van der Waals surface area contributed by atoms with E-state index in [-0.39, 0.29) is 18.1 Å². The molecule has 0 aliphatic carbocycles. The van der Waals surface area contributed by atoms with Crippen LogP contribution in [0.15, 0.2) is 18.3 Å². The minimum absolute atomic E-state index is 0.0276. The number of aromatic nitrogens is 1. The first-order valence-corrected chi connectivity index (χ1v) is 6.83. The van der Waals surface area contributed by atoms with E-state index in [2.05, 4.69) is 10.3 Å². The molecule has 0 aliphatic rings. The highest BCUT2D eigenvalue weighted by atomic mass is 32.2. The summed E-state index contributed by atoms with van der Waals surface area (Å²) in [6.07, 6.45) is 2.67. The fourth-order valence-corrected chi connectivity index (χ4v) is 1.68. The highest BCUT2D eigenvalue weighted by Gasteiger charge is 2.08. The van der Waals surface area contributed by atoms with Crippen LogP contribution < -0.4 is 5.32 Å². The largest absolute Gasteiger partial charge is 0.326 e.